The van der Waals surface area contributed by atoms with Gasteiger partial charge < -0.3 is 0 Å². The van der Waals surface area contributed by atoms with Crippen LogP contribution in [0.15, 0.2) is 30.5 Å². The van der Waals surface area contributed by atoms with Crippen LogP contribution in [-0.2, 0) is 22.8 Å². The highest BCUT2D eigenvalue weighted by molar-refractivity contribution is 7.88. The molecular formula is C17H19FN4O2S. The standard InChI is InChI=1S/C17H19FN4O2S/c1-21-17(4-7-20-21)14-5-8-22(9-6-14)25(23,24)12-15-10-13(11-19)2-3-16(15)18/h2-4,7,10,14H,5-6,8-9,12H2,1H3. The lowest BCUT2D eigenvalue weighted by Crippen LogP contribution is -2.39. The number of benzene rings is 1. The summed E-state index contributed by atoms with van der Waals surface area (Å²) in [4.78, 5) is 0. The van der Waals surface area contributed by atoms with Crippen LogP contribution in [0, 0.1) is 17.1 Å². The van der Waals surface area contributed by atoms with Gasteiger partial charge in [0.1, 0.15) is 5.82 Å². The Bertz CT molecular complexity index is 909. The van der Waals surface area contributed by atoms with Crippen molar-refractivity contribution in [1.82, 2.24) is 14.1 Å². The molecule has 0 unspecified atom stereocenters. The molecule has 1 aromatic carbocycles. The highest BCUT2D eigenvalue weighted by Crippen LogP contribution is 2.29. The van der Waals surface area contributed by atoms with Gasteiger partial charge in [0, 0.05) is 43.5 Å². The van der Waals surface area contributed by atoms with Crippen LogP contribution in [0.1, 0.15) is 35.6 Å². The summed E-state index contributed by atoms with van der Waals surface area (Å²) in [7, 11) is -1.75. The monoisotopic (exact) mass is 362 g/mol. The molecule has 0 aliphatic carbocycles. The first-order valence-electron chi connectivity index (χ1n) is 8.05. The van der Waals surface area contributed by atoms with Crippen LogP contribution in [0.4, 0.5) is 4.39 Å². The Kier molecular flexibility index (Phi) is 4.88. The van der Waals surface area contributed by atoms with Gasteiger partial charge in [0.15, 0.2) is 0 Å². The molecule has 0 bridgehead atoms. The lowest BCUT2D eigenvalue weighted by Gasteiger charge is -2.31. The van der Waals surface area contributed by atoms with E-state index in [1.807, 2.05) is 23.9 Å². The van der Waals surface area contributed by atoms with Crippen molar-refractivity contribution in [2.45, 2.75) is 24.5 Å². The molecule has 0 saturated carbocycles. The van der Waals surface area contributed by atoms with Crippen molar-refractivity contribution in [2.75, 3.05) is 13.1 Å². The van der Waals surface area contributed by atoms with Gasteiger partial charge in [-0.25, -0.2) is 17.1 Å². The van der Waals surface area contributed by atoms with Gasteiger partial charge in [-0.05, 0) is 37.1 Å². The molecule has 0 amide bonds. The number of nitriles is 1. The summed E-state index contributed by atoms with van der Waals surface area (Å²) in [5, 5.41) is 13.1. The van der Waals surface area contributed by atoms with E-state index >= 15 is 0 Å². The molecule has 1 aliphatic rings. The third kappa shape index (κ3) is 3.72. The predicted molar refractivity (Wildman–Crippen MR) is 90.5 cm³/mol. The maximum atomic E-state index is 13.9. The van der Waals surface area contributed by atoms with Crippen LogP contribution in [0.2, 0.25) is 0 Å². The Morgan fingerprint density at radius 3 is 2.64 bits per heavy atom. The Balaban J connectivity index is 1.70. The largest absolute Gasteiger partial charge is 0.272 e. The lowest BCUT2D eigenvalue weighted by atomic mass is 9.95. The van der Waals surface area contributed by atoms with Crippen molar-refractivity contribution in [3.63, 3.8) is 0 Å². The second-order valence-electron chi connectivity index (χ2n) is 6.23. The van der Waals surface area contributed by atoms with E-state index in [1.165, 1.54) is 16.4 Å². The van der Waals surface area contributed by atoms with Crippen LogP contribution in [0.5, 0.6) is 0 Å². The Labute approximate surface area is 146 Å². The molecule has 8 heteroatoms. The summed E-state index contributed by atoms with van der Waals surface area (Å²) in [5.41, 5.74) is 1.39. The van der Waals surface area contributed by atoms with Gasteiger partial charge in [-0.3, -0.25) is 4.68 Å². The molecule has 1 saturated heterocycles. The van der Waals surface area contributed by atoms with Crippen molar-refractivity contribution in [1.29, 1.82) is 5.26 Å². The fourth-order valence-electron chi connectivity index (χ4n) is 3.26. The molecule has 0 atom stereocenters. The summed E-state index contributed by atoms with van der Waals surface area (Å²) in [6, 6.07) is 7.64. The molecule has 6 nitrogen and oxygen atoms in total. The van der Waals surface area contributed by atoms with Crippen molar-refractivity contribution in [2.24, 2.45) is 7.05 Å². The topological polar surface area (TPSA) is 79.0 Å². The Morgan fingerprint density at radius 1 is 1.32 bits per heavy atom. The Morgan fingerprint density at radius 2 is 2.04 bits per heavy atom. The second-order valence-corrected chi connectivity index (χ2v) is 8.20. The van der Waals surface area contributed by atoms with E-state index in [0.29, 0.717) is 25.9 Å². The number of hydrogen-bond acceptors (Lipinski definition) is 4. The third-order valence-corrected chi connectivity index (χ3v) is 6.46. The van der Waals surface area contributed by atoms with E-state index in [0.717, 1.165) is 11.8 Å². The number of halogens is 1. The van der Waals surface area contributed by atoms with Gasteiger partial charge in [-0.1, -0.05) is 0 Å². The number of aryl methyl sites for hydroxylation is 1. The molecular weight excluding hydrogens is 343 g/mol. The van der Waals surface area contributed by atoms with E-state index in [-0.39, 0.29) is 17.0 Å². The number of rotatable bonds is 4. The molecule has 0 spiro atoms. The summed E-state index contributed by atoms with van der Waals surface area (Å²) in [6.45, 7) is 0.801. The average molecular weight is 362 g/mol. The first-order valence-corrected chi connectivity index (χ1v) is 9.66. The predicted octanol–water partition coefficient (Wildman–Crippen LogP) is 2.14. The quantitative estimate of drug-likeness (QED) is 0.835. The smallest absolute Gasteiger partial charge is 0.218 e. The normalized spacial score (nSPS) is 16.7. The maximum absolute atomic E-state index is 13.9. The summed E-state index contributed by atoms with van der Waals surface area (Å²) in [5.74, 6) is -0.755. The molecule has 1 aromatic heterocycles. The number of aromatic nitrogens is 2. The summed E-state index contributed by atoms with van der Waals surface area (Å²) >= 11 is 0. The zero-order chi connectivity index (χ0) is 18.0. The van der Waals surface area contributed by atoms with Gasteiger partial charge >= 0.3 is 0 Å². The van der Waals surface area contributed by atoms with E-state index in [9.17, 15) is 12.8 Å². The highest BCUT2D eigenvalue weighted by atomic mass is 32.2. The van der Waals surface area contributed by atoms with Crippen LogP contribution in [0.3, 0.4) is 0 Å². The molecule has 0 radical (unpaired) electrons. The number of hydrogen-bond donors (Lipinski definition) is 0. The van der Waals surface area contributed by atoms with Crippen LogP contribution >= 0.6 is 0 Å². The third-order valence-electron chi connectivity index (χ3n) is 4.64. The molecule has 132 valence electrons. The minimum Gasteiger partial charge on any atom is -0.272 e. The van der Waals surface area contributed by atoms with Gasteiger partial charge in [-0.2, -0.15) is 10.4 Å². The zero-order valence-electron chi connectivity index (χ0n) is 13.9. The first-order chi connectivity index (χ1) is 11.9. The summed E-state index contributed by atoms with van der Waals surface area (Å²) in [6.07, 6.45) is 3.16. The molecule has 1 aliphatic heterocycles. The van der Waals surface area contributed by atoms with Gasteiger partial charge in [-0.15, -0.1) is 0 Å². The molecule has 2 heterocycles. The van der Waals surface area contributed by atoms with Gasteiger partial charge in [0.2, 0.25) is 10.0 Å². The van der Waals surface area contributed by atoms with Crippen molar-refractivity contribution >= 4 is 10.0 Å². The minimum absolute atomic E-state index is 0.0350. The number of sulfonamides is 1. The molecule has 2 aromatic rings. The molecule has 1 fully saturated rings. The zero-order valence-corrected chi connectivity index (χ0v) is 14.7. The van der Waals surface area contributed by atoms with Gasteiger partial charge in [0.25, 0.3) is 0 Å². The van der Waals surface area contributed by atoms with Crippen LogP contribution in [-0.4, -0.2) is 35.6 Å². The molecule has 25 heavy (non-hydrogen) atoms. The highest BCUT2D eigenvalue weighted by Gasteiger charge is 2.30. The van der Waals surface area contributed by atoms with E-state index in [2.05, 4.69) is 5.10 Å². The fourth-order valence-corrected chi connectivity index (χ4v) is 4.82. The first kappa shape index (κ1) is 17.6. The fraction of sp³-hybridized carbons (Fsp3) is 0.412. The van der Waals surface area contributed by atoms with E-state index in [4.69, 9.17) is 5.26 Å². The SMILES string of the molecule is Cn1nccc1C1CCN(S(=O)(=O)Cc2cc(C#N)ccc2F)CC1. The number of piperidine rings is 1. The summed E-state index contributed by atoms with van der Waals surface area (Å²) < 4.78 is 42.4. The van der Waals surface area contributed by atoms with Gasteiger partial charge in [0.05, 0.1) is 17.4 Å². The Hall–Kier alpha value is -2.24. The minimum atomic E-state index is -3.62. The van der Waals surface area contributed by atoms with E-state index in [1.54, 1.807) is 6.20 Å². The molecule has 3 rings (SSSR count). The van der Waals surface area contributed by atoms with Crippen LogP contribution in [0.25, 0.3) is 0 Å². The lowest BCUT2D eigenvalue weighted by molar-refractivity contribution is 0.312. The second kappa shape index (κ2) is 6.94. The van der Waals surface area contributed by atoms with Crippen molar-refractivity contribution in [3.05, 3.63) is 53.1 Å². The van der Waals surface area contributed by atoms with Crippen molar-refractivity contribution < 1.29 is 12.8 Å². The van der Waals surface area contributed by atoms with Crippen LogP contribution < -0.4 is 0 Å². The maximum Gasteiger partial charge on any atom is 0.218 e. The van der Waals surface area contributed by atoms with Crippen molar-refractivity contribution in [3.8, 4) is 6.07 Å². The molecule has 0 N–H and O–H groups in total. The van der Waals surface area contributed by atoms with E-state index < -0.39 is 21.6 Å². The average Bonchev–Trinajstić information content (AvgIpc) is 3.03. The number of nitrogens with zero attached hydrogens (tertiary/aromatic N) is 4.